The van der Waals surface area contributed by atoms with Crippen LogP contribution in [0.5, 0.6) is 5.75 Å². The van der Waals surface area contributed by atoms with E-state index in [1.807, 2.05) is 24.3 Å². The highest BCUT2D eigenvalue weighted by atomic mass is 32.1. The third-order valence-electron chi connectivity index (χ3n) is 5.97. The van der Waals surface area contributed by atoms with Crippen LogP contribution in [-0.2, 0) is 27.2 Å². The number of fused-ring (bicyclic) bond motifs is 4. The van der Waals surface area contributed by atoms with Crippen LogP contribution < -0.4 is 15.4 Å². The Bertz CT molecular complexity index is 1470. The number of aryl methyl sites for hydroxylation is 1. The highest BCUT2D eigenvalue weighted by molar-refractivity contribution is 7.17. The van der Waals surface area contributed by atoms with Gasteiger partial charge in [-0.1, -0.05) is 18.2 Å². The summed E-state index contributed by atoms with van der Waals surface area (Å²) in [6.45, 7) is 0.914. The van der Waals surface area contributed by atoms with Gasteiger partial charge in [0.15, 0.2) is 6.61 Å². The number of amides is 2. The van der Waals surface area contributed by atoms with Crippen molar-refractivity contribution in [3.8, 4) is 5.75 Å². The fraction of sp³-hybridized carbons (Fsp3) is 0.269. The van der Waals surface area contributed by atoms with Crippen LogP contribution in [0.15, 0.2) is 40.8 Å². The Labute approximate surface area is 205 Å². The molecule has 0 unspecified atom stereocenters. The Hall–Kier alpha value is -3.85. The molecule has 0 spiro atoms. The normalized spacial score (nSPS) is 12.9. The summed E-state index contributed by atoms with van der Waals surface area (Å²) in [4.78, 5) is 38.3. The van der Waals surface area contributed by atoms with E-state index in [1.54, 1.807) is 12.1 Å². The number of thiophene rings is 1. The number of anilines is 2. The number of carbonyl (C=O) groups is 3. The second-order valence-corrected chi connectivity index (χ2v) is 9.47. The summed E-state index contributed by atoms with van der Waals surface area (Å²) in [5.74, 6) is -0.938. The second-order valence-electron chi connectivity index (χ2n) is 8.37. The lowest BCUT2D eigenvalue weighted by Gasteiger charge is -2.13. The van der Waals surface area contributed by atoms with Crippen molar-refractivity contribution in [2.24, 2.45) is 0 Å². The van der Waals surface area contributed by atoms with Crippen molar-refractivity contribution < 1.29 is 28.3 Å². The van der Waals surface area contributed by atoms with Crippen LogP contribution in [-0.4, -0.2) is 31.5 Å². The van der Waals surface area contributed by atoms with Crippen molar-refractivity contribution in [1.29, 1.82) is 0 Å². The fourth-order valence-corrected chi connectivity index (χ4v) is 5.76. The molecule has 0 atom stereocenters. The Balaban J connectivity index is 1.33. The first kappa shape index (κ1) is 22.9. The number of nitrogens with one attached hydrogen (secondary N) is 2. The molecule has 35 heavy (non-hydrogen) atoms. The quantitative estimate of drug-likeness (QED) is 0.354. The number of hydrogen-bond acceptors (Lipinski definition) is 7. The zero-order valence-electron chi connectivity index (χ0n) is 19.4. The summed E-state index contributed by atoms with van der Waals surface area (Å²) in [5, 5.41) is 7.77. The largest absolute Gasteiger partial charge is 0.495 e. The lowest BCUT2D eigenvalue weighted by molar-refractivity contribution is -0.119. The molecule has 2 aromatic carbocycles. The number of hydrogen-bond donors (Lipinski definition) is 2. The molecule has 0 aliphatic heterocycles. The van der Waals surface area contributed by atoms with Crippen LogP contribution in [0.4, 0.5) is 10.7 Å². The van der Waals surface area contributed by atoms with Crippen molar-refractivity contribution in [3.63, 3.8) is 0 Å². The number of furan rings is 1. The standard InChI is InChI=1S/C26H24N2O6S/c1-14(29)27-25-24(16-8-4-6-10-22(16)35-25)26(31)33-13-23(30)28-18-12-20-17(11-21(18)32-2)15-7-3-5-9-19(15)34-20/h3,5,7,9,11-12H,4,6,8,10,13H2,1-2H3,(H,27,29)(H,28,30). The molecule has 0 radical (unpaired) electrons. The zero-order chi connectivity index (χ0) is 24.5. The number of para-hydroxylation sites is 1. The van der Waals surface area contributed by atoms with Gasteiger partial charge in [0.2, 0.25) is 5.91 Å². The van der Waals surface area contributed by atoms with Crippen molar-refractivity contribution in [2.45, 2.75) is 32.6 Å². The average Bonchev–Trinajstić information content (AvgIpc) is 3.38. The molecule has 180 valence electrons. The molecule has 2 heterocycles. The molecule has 4 aromatic rings. The van der Waals surface area contributed by atoms with Crippen LogP contribution in [0.25, 0.3) is 21.9 Å². The molecule has 2 N–H and O–H groups in total. The molecule has 2 aromatic heterocycles. The minimum Gasteiger partial charge on any atom is -0.495 e. The molecule has 8 nitrogen and oxygen atoms in total. The van der Waals surface area contributed by atoms with Gasteiger partial charge in [-0.2, -0.15) is 0 Å². The SMILES string of the molecule is COc1cc2c(cc1NC(=O)COC(=O)c1c(NC(C)=O)sc3c1CCCC3)oc1ccccc12. The molecule has 0 fully saturated rings. The maximum atomic E-state index is 12.9. The van der Waals surface area contributed by atoms with E-state index in [0.29, 0.717) is 27.6 Å². The first-order valence-corrected chi connectivity index (χ1v) is 12.1. The van der Waals surface area contributed by atoms with Crippen LogP contribution in [0.2, 0.25) is 0 Å². The number of benzene rings is 2. The summed E-state index contributed by atoms with van der Waals surface area (Å²) >= 11 is 1.40. The van der Waals surface area contributed by atoms with E-state index in [0.717, 1.165) is 52.5 Å². The number of esters is 1. The number of rotatable bonds is 6. The monoisotopic (exact) mass is 492 g/mol. The molecule has 1 aliphatic rings. The third-order valence-corrected chi connectivity index (χ3v) is 7.18. The van der Waals surface area contributed by atoms with Crippen LogP contribution in [0.1, 0.15) is 40.6 Å². The van der Waals surface area contributed by atoms with Crippen LogP contribution in [0, 0.1) is 0 Å². The molecular weight excluding hydrogens is 468 g/mol. The van der Waals surface area contributed by atoms with Gasteiger partial charge < -0.3 is 24.5 Å². The van der Waals surface area contributed by atoms with E-state index >= 15 is 0 Å². The Morgan fingerprint density at radius 2 is 1.83 bits per heavy atom. The zero-order valence-corrected chi connectivity index (χ0v) is 20.2. The summed E-state index contributed by atoms with van der Waals surface area (Å²) in [6.07, 6.45) is 3.62. The first-order valence-electron chi connectivity index (χ1n) is 11.3. The van der Waals surface area contributed by atoms with E-state index in [-0.39, 0.29) is 5.91 Å². The third kappa shape index (κ3) is 4.46. The maximum absolute atomic E-state index is 12.9. The summed E-state index contributed by atoms with van der Waals surface area (Å²) in [6, 6.07) is 11.1. The van der Waals surface area contributed by atoms with Gasteiger partial charge in [0.1, 0.15) is 21.9 Å². The van der Waals surface area contributed by atoms with Gasteiger partial charge in [-0.15, -0.1) is 11.3 Å². The predicted molar refractivity (Wildman–Crippen MR) is 134 cm³/mol. The van der Waals surface area contributed by atoms with Gasteiger partial charge in [-0.3, -0.25) is 9.59 Å². The van der Waals surface area contributed by atoms with Crippen molar-refractivity contribution in [3.05, 3.63) is 52.4 Å². The van der Waals surface area contributed by atoms with Crippen LogP contribution >= 0.6 is 11.3 Å². The van der Waals surface area contributed by atoms with Gasteiger partial charge in [-0.25, -0.2) is 4.79 Å². The predicted octanol–water partition coefficient (Wildman–Crippen LogP) is 5.29. The smallest absolute Gasteiger partial charge is 0.341 e. The Morgan fingerprint density at radius 1 is 1.03 bits per heavy atom. The Kier molecular flexibility index (Phi) is 6.17. The molecule has 0 saturated heterocycles. The Morgan fingerprint density at radius 3 is 2.63 bits per heavy atom. The van der Waals surface area contributed by atoms with Gasteiger partial charge in [0, 0.05) is 28.6 Å². The minimum absolute atomic E-state index is 0.261. The van der Waals surface area contributed by atoms with Crippen molar-refractivity contribution >= 4 is 61.7 Å². The number of ether oxygens (including phenoxy) is 2. The number of carbonyl (C=O) groups excluding carboxylic acids is 3. The van der Waals surface area contributed by atoms with E-state index in [4.69, 9.17) is 13.9 Å². The highest BCUT2D eigenvalue weighted by Crippen LogP contribution is 2.39. The van der Waals surface area contributed by atoms with Gasteiger partial charge >= 0.3 is 5.97 Å². The number of methoxy groups -OCH3 is 1. The lowest BCUT2D eigenvalue weighted by Crippen LogP contribution is -2.22. The molecule has 0 bridgehead atoms. The van der Waals surface area contributed by atoms with Gasteiger partial charge in [0.05, 0.1) is 18.4 Å². The molecule has 1 aliphatic carbocycles. The molecule has 9 heteroatoms. The summed E-state index contributed by atoms with van der Waals surface area (Å²) in [5.41, 5.74) is 3.01. The average molecular weight is 493 g/mol. The molecule has 0 saturated carbocycles. The topological polar surface area (TPSA) is 107 Å². The second kappa shape index (κ2) is 9.42. The first-order chi connectivity index (χ1) is 16.9. The molecular formula is C26H24N2O6S. The highest BCUT2D eigenvalue weighted by Gasteiger charge is 2.27. The van der Waals surface area contributed by atoms with E-state index in [1.165, 1.54) is 25.4 Å². The van der Waals surface area contributed by atoms with Gasteiger partial charge in [-0.05, 0) is 43.4 Å². The summed E-state index contributed by atoms with van der Waals surface area (Å²) in [7, 11) is 1.52. The fourth-order valence-electron chi connectivity index (χ4n) is 4.44. The van der Waals surface area contributed by atoms with E-state index in [2.05, 4.69) is 10.6 Å². The lowest BCUT2D eigenvalue weighted by atomic mass is 9.95. The van der Waals surface area contributed by atoms with Crippen molar-refractivity contribution in [1.82, 2.24) is 0 Å². The van der Waals surface area contributed by atoms with E-state index < -0.39 is 18.5 Å². The van der Waals surface area contributed by atoms with E-state index in [9.17, 15) is 14.4 Å². The maximum Gasteiger partial charge on any atom is 0.341 e. The molecule has 2 amide bonds. The van der Waals surface area contributed by atoms with Gasteiger partial charge in [0.25, 0.3) is 5.91 Å². The summed E-state index contributed by atoms with van der Waals surface area (Å²) < 4.78 is 16.7. The van der Waals surface area contributed by atoms with Crippen molar-refractivity contribution in [2.75, 3.05) is 24.4 Å². The molecule has 5 rings (SSSR count). The van der Waals surface area contributed by atoms with Crippen LogP contribution in [0.3, 0.4) is 0 Å². The minimum atomic E-state index is -0.622.